The second-order valence-corrected chi connectivity index (χ2v) is 6.52. The maximum atomic E-state index is 5.94. The van der Waals surface area contributed by atoms with Gasteiger partial charge in [-0.15, -0.1) is 0 Å². The zero-order valence-corrected chi connectivity index (χ0v) is 15.5. The molecule has 26 heavy (non-hydrogen) atoms. The normalized spacial score (nSPS) is 17.8. The largest absolute Gasteiger partial charge is 0.493 e. The fraction of sp³-hybridized carbons (Fsp3) is 0.450. The van der Waals surface area contributed by atoms with E-state index in [4.69, 9.17) is 14.2 Å². The van der Waals surface area contributed by atoms with Crippen molar-refractivity contribution in [1.82, 2.24) is 15.2 Å². The van der Waals surface area contributed by atoms with E-state index in [0.717, 1.165) is 55.4 Å². The van der Waals surface area contributed by atoms with Crippen LogP contribution in [0.3, 0.4) is 0 Å². The predicted molar refractivity (Wildman–Crippen MR) is 101 cm³/mol. The average molecular weight is 357 g/mol. The van der Waals surface area contributed by atoms with Gasteiger partial charge in [0.1, 0.15) is 6.61 Å². The molecule has 1 aliphatic rings. The Bertz CT molecular complexity index is 681. The first-order valence-electron chi connectivity index (χ1n) is 8.94. The van der Waals surface area contributed by atoms with Gasteiger partial charge in [0.2, 0.25) is 0 Å². The highest BCUT2D eigenvalue weighted by Crippen LogP contribution is 2.28. The molecule has 1 aromatic carbocycles. The molecule has 0 spiro atoms. The maximum Gasteiger partial charge on any atom is 0.161 e. The Morgan fingerprint density at radius 2 is 2.19 bits per heavy atom. The Labute approximate surface area is 155 Å². The van der Waals surface area contributed by atoms with Crippen LogP contribution in [0.25, 0.3) is 0 Å². The molecule has 0 aliphatic carbocycles. The van der Waals surface area contributed by atoms with Gasteiger partial charge in [-0.05, 0) is 30.8 Å². The molecule has 1 aliphatic heterocycles. The molecule has 0 radical (unpaired) electrons. The number of ether oxygens (including phenoxy) is 3. The molecule has 0 amide bonds. The first-order valence-corrected chi connectivity index (χ1v) is 8.94. The van der Waals surface area contributed by atoms with Gasteiger partial charge in [-0.3, -0.25) is 4.98 Å². The molecule has 1 saturated heterocycles. The Kier molecular flexibility index (Phi) is 6.82. The number of morpholine rings is 1. The van der Waals surface area contributed by atoms with Crippen LogP contribution in [0.4, 0.5) is 0 Å². The van der Waals surface area contributed by atoms with E-state index < -0.39 is 0 Å². The van der Waals surface area contributed by atoms with Crippen LogP contribution in [0, 0.1) is 0 Å². The number of aromatic nitrogens is 1. The van der Waals surface area contributed by atoms with Crippen molar-refractivity contribution in [2.45, 2.75) is 19.3 Å². The number of hydrogen-bond acceptors (Lipinski definition) is 6. The lowest BCUT2D eigenvalue weighted by atomic mass is 10.2. The summed E-state index contributed by atoms with van der Waals surface area (Å²) in [6, 6.07) is 9.92. The van der Waals surface area contributed by atoms with Crippen LogP contribution in [-0.4, -0.2) is 56.4 Å². The van der Waals surface area contributed by atoms with Gasteiger partial charge in [0.15, 0.2) is 11.5 Å². The minimum atomic E-state index is 0.244. The fourth-order valence-corrected chi connectivity index (χ4v) is 2.96. The van der Waals surface area contributed by atoms with Crippen molar-refractivity contribution in [3.8, 4) is 11.5 Å². The molecule has 140 valence electrons. The number of methoxy groups -OCH3 is 1. The highest BCUT2D eigenvalue weighted by atomic mass is 16.5. The molecule has 1 fully saturated rings. The number of benzene rings is 1. The van der Waals surface area contributed by atoms with Crippen molar-refractivity contribution in [3.05, 3.63) is 53.9 Å². The first kappa shape index (κ1) is 18.6. The van der Waals surface area contributed by atoms with Gasteiger partial charge in [0.05, 0.1) is 19.8 Å². The highest BCUT2D eigenvalue weighted by Gasteiger charge is 2.17. The third-order valence-electron chi connectivity index (χ3n) is 4.39. The van der Waals surface area contributed by atoms with Crippen LogP contribution < -0.4 is 14.8 Å². The number of nitrogens with one attached hydrogen (secondary N) is 1. The summed E-state index contributed by atoms with van der Waals surface area (Å²) in [5.74, 6) is 1.47. The summed E-state index contributed by atoms with van der Waals surface area (Å²) in [7, 11) is 3.78. The highest BCUT2D eigenvalue weighted by molar-refractivity contribution is 5.43. The maximum absolute atomic E-state index is 5.94. The molecule has 6 heteroatoms. The summed E-state index contributed by atoms with van der Waals surface area (Å²) < 4.78 is 17.1. The van der Waals surface area contributed by atoms with E-state index in [1.165, 1.54) is 0 Å². The standard InChI is InChI=1S/C20H27N3O3/c1-23-8-9-25-18(14-23)13-22-11-16-5-6-19(24-2)20(10-16)26-15-17-4-3-7-21-12-17/h3-7,10,12,18,22H,8-9,11,13-15H2,1-2H3. The van der Waals surface area contributed by atoms with Crippen molar-refractivity contribution in [2.24, 2.45) is 0 Å². The lowest BCUT2D eigenvalue weighted by Crippen LogP contribution is -2.44. The third kappa shape index (κ3) is 5.42. The lowest BCUT2D eigenvalue weighted by molar-refractivity contribution is -0.0182. The molecule has 0 saturated carbocycles. The Morgan fingerprint density at radius 3 is 2.96 bits per heavy atom. The third-order valence-corrected chi connectivity index (χ3v) is 4.39. The van der Waals surface area contributed by atoms with E-state index in [2.05, 4.69) is 28.3 Å². The van der Waals surface area contributed by atoms with Crippen LogP contribution in [0.15, 0.2) is 42.7 Å². The van der Waals surface area contributed by atoms with E-state index in [0.29, 0.717) is 6.61 Å². The monoisotopic (exact) mass is 357 g/mol. The van der Waals surface area contributed by atoms with Gasteiger partial charge in [0, 0.05) is 44.1 Å². The van der Waals surface area contributed by atoms with Crippen LogP contribution in [0.1, 0.15) is 11.1 Å². The number of pyridine rings is 1. The molecule has 1 unspecified atom stereocenters. The lowest BCUT2D eigenvalue weighted by Gasteiger charge is -2.30. The second kappa shape index (κ2) is 9.52. The predicted octanol–water partition coefficient (Wildman–Crippen LogP) is 2.09. The van der Waals surface area contributed by atoms with E-state index in [9.17, 15) is 0 Å². The van der Waals surface area contributed by atoms with Crippen LogP contribution in [0.2, 0.25) is 0 Å². The zero-order chi connectivity index (χ0) is 18.2. The quantitative estimate of drug-likeness (QED) is 0.781. The summed E-state index contributed by atoms with van der Waals surface area (Å²) in [5.41, 5.74) is 2.17. The van der Waals surface area contributed by atoms with Gasteiger partial charge in [-0.25, -0.2) is 0 Å². The fourth-order valence-electron chi connectivity index (χ4n) is 2.96. The van der Waals surface area contributed by atoms with Crippen LogP contribution >= 0.6 is 0 Å². The molecule has 3 rings (SSSR count). The van der Waals surface area contributed by atoms with Gasteiger partial charge in [-0.1, -0.05) is 12.1 Å². The molecule has 2 aromatic rings. The molecule has 6 nitrogen and oxygen atoms in total. The van der Waals surface area contributed by atoms with E-state index in [1.54, 1.807) is 19.5 Å². The molecule has 2 heterocycles. The van der Waals surface area contributed by atoms with Crippen molar-refractivity contribution in [2.75, 3.05) is 40.4 Å². The van der Waals surface area contributed by atoms with Crippen LogP contribution in [-0.2, 0) is 17.9 Å². The van der Waals surface area contributed by atoms with E-state index in [-0.39, 0.29) is 6.10 Å². The topological polar surface area (TPSA) is 55.9 Å². The Morgan fingerprint density at radius 1 is 1.27 bits per heavy atom. The number of rotatable bonds is 8. The molecule has 1 atom stereocenters. The summed E-state index contributed by atoms with van der Waals surface area (Å²) in [4.78, 5) is 6.41. The van der Waals surface area contributed by atoms with Crippen molar-refractivity contribution in [3.63, 3.8) is 0 Å². The summed E-state index contributed by atoms with van der Waals surface area (Å²) in [5, 5.41) is 3.47. The van der Waals surface area contributed by atoms with Gasteiger partial charge in [-0.2, -0.15) is 0 Å². The SMILES string of the molecule is COc1ccc(CNCC2CN(C)CCO2)cc1OCc1cccnc1. The minimum absolute atomic E-state index is 0.244. The minimum Gasteiger partial charge on any atom is -0.493 e. The number of hydrogen-bond donors (Lipinski definition) is 1. The Balaban J connectivity index is 1.54. The molecular formula is C20H27N3O3. The van der Waals surface area contributed by atoms with E-state index in [1.807, 2.05) is 24.3 Å². The first-order chi connectivity index (χ1) is 12.7. The van der Waals surface area contributed by atoms with Gasteiger partial charge >= 0.3 is 0 Å². The molecule has 0 bridgehead atoms. The van der Waals surface area contributed by atoms with Gasteiger partial charge in [0.25, 0.3) is 0 Å². The van der Waals surface area contributed by atoms with Crippen LogP contribution in [0.5, 0.6) is 11.5 Å². The smallest absolute Gasteiger partial charge is 0.161 e. The average Bonchev–Trinajstić information content (AvgIpc) is 2.67. The number of nitrogens with zero attached hydrogens (tertiary/aromatic N) is 2. The van der Waals surface area contributed by atoms with Crippen molar-refractivity contribution >= 4 is 0 Å². The summed E-state index contributed by atoms with van der Waals surface area (Å²) in [6.45, 7) is 4.84. The number of likely N-dealkylation sites (N-methyl/N-ethyl adjacent to an activating group) is 1. The molecule has 1 aromatic heterocycles. The van der Waals surface area contributed by atoms with Crippen molar-refractivity contribution in [1.29, 1.82) is 0 Å². The summed E-state index contributed by atoms with van der Waals surface area (Å²) >= 11 is 0. The second-order valence-electron chi connectivity index (χ2n) is 6.52. The Hall–Kier alpha value is -2.15. The van der Waals surface area contributed by atoms with E-state index >= 15 is 0 Å². The molecule has 1 N–H and O–H groups in total. The summed E-state index contributed by atoms with van der Waals surface area (Å²) in [6.07, 6.45) is 3.80. The van der Waals surface area contributed by atoms with Crippen molar-refractivity contribution < 1.29 is 14.2 Å². The molecular weight excluding hydrogens is 330 g/mol. The van der Waals surface area contributed by atoms with Gasteiger partial charge < -0.3 is 24.4 Å². The zero-order valence-electron chi connectivity index (χ0n) is 15.5.